The van der Waals surface area contributed by atoms with Crippen LogP contribution in [0.1, 0.15) is 32.1 Å². The highest BCUT2D eigenvalue weighted by Crippen LogP contribution is 2.23. The number of nitrogens with zero attached hydrogens (tertiary/aromatic N) is 2. The molecule has 1 aliphatic carbocycles. The molecule has 0 radical (unpaired) electrons. The van der Waals surface area contributed by atoms with Crippen molar-refractivity contribution in [3.63, 3.8) is 0 Å². The first kappa shape index (κ1) is 10.9. The molecule has 0 heterocycles. The van der Waals surface area contributed by atoms with E-state index in [1.165, 1.54) is 19.3 Å². The zero-order valence-corrected chi connectivity index (χ0v) is 8.41. The van der Waals surface area contributed by atoms with E-state index in [0.717, 1.165) is 12.8 Å². The first-order valence-corrected chi connectivity index (χ1v) is 5.19. The summed E-state index contributed by atoms with van der Waals surface area (Å²) in [5, 5.41) is 9.53. The van der Waals surface area contributed by atoms with Gasteiger partial charge in [0.15, 0.2) is 0 Å². The molecule has 1 saturated carbocycles. The molecule has 0 aromatic heterocycles. The lowest BCUT2D eigenvalue weighted by Crippen LogP contribution is -2.33. The van der Waals surface area contributed by atoms with E-state index in [1.54, 1.807) is 0 Å². The largest absolute Gasteiger partial charge is 0.354 e. The lowest BCUT2D eigenvalue weighted by atomic mass is 9.89. The van der Waals surface area contributed by atoms with Crippen LogP contribution in [0.2, 0.25) is 0 Å². The van der Waals surface area contributed by atoms with E-state index in [2.05, 4.69) is 15.7 Å². The van der Waals surface area contributed by atoms with Crippen LogP contribution in [0.5, 0.6) is 0 Å². The van der Waals surface area contributed by atoms with Gasteiger partial charge >= 0.3 is 0 Å². The molecule has 0 bridgehead atoms. The Labute approximate surface area is 84.1 Å². The molecule has 5 heteroatoms. The van der Waals surface area contributed by atoms with Gasteiger partial charge in [-0.05, 0) is 12.8 Å². The molecule has 0 atom stereocenters. The van der Waals surface area contributed by atoms with Gasteiger partial charge in [0.25, 0.3) is 0 Å². The average molecular weight is 198 g/mol. The molecule has 1 aliphatic rings. The van der Waals surface area contributed by atoms with Crippen LogP contribution in [-0.2, 0) is 4.79 Å². The Kier molecular flexibility index (Phi) is 4.96. The van der Waals surface area contributed by atoms with Gasteiger partial charge in [-0.25, -0.2) is 0 Å². The van der Waals surface area contributed by atoms with E-state index in [0.29, 0.717) is 13.1 Å². The fourth-order valence-electron chi connectivity index (χ4n) is 1.80. The van der Waals surface area contributed by atoms with E-state index in [9.17, 15) is 4.79 Å². The van der Waals surface area contributed by atoms with Crippen LogP contribution in [0.15, 0.2) is 10.3 Å². The molecule has 0 saturated heterocycles. The third-order valence-corrected chi connectivity index (χ3v) is 2.57. The van der Waals surface area contributed by atoms with Crippen molar-refractivity contribution >= 4 is 5.91 Å². The Bertz CT molecular complexity index is 199. The number of hydrogen-bond acceptors (Lipinski definition) is 3. The summed E-state index contributed by atoms with van der Waals surface area (Å²) in [7, 11) is 0. The third kappa shape index (κ3) is 3.72. The van der Waals surface area contributed by atoms with E-state index >= 15 is 0 Å². The normalized spacial score (nSPS) is 18.6. The van der Waals surface area contributed by atoms with Crippen molar-refractivity contribution in [1.82, 2.24) is 5.32 Å². The lowest BCUT2D eigenvalue weighted by Gasteiger charge is -2.20. The first-order valence-electron chi connectivity index (χ1n) is 5.19. The monoisotopic (exact) mass is 198 g/mol. The predicted octanol–water partition coefficient (Wildman–Crippen LogP) is 1.01. The summed E-state index contributed by atoms with van der Waals surface area (Å²) in [6.45, 7) is 1.00. The van der Waals surface area contributed by atoms with Crippen molar-refractivity contribution in [2.75, 3.05) is 13.1 Å². The molecule has 1 fully saturated rings. The van der Waals surface area contributed by atoms with Gasteiger partial charge in [0.05, 0.1) is 6.54 Å². The Morgan fingerprint density at radius 3 is 2.71 bits per heavy atom. The molecular formula is C9H18N4O. The number of nitrogens with one attached hydrogen (secondary N) is 1. The SMILES string of the molecule is NN=NCCNC(=O)C1CCCCC1. The fraction of sp³-hybridized carbons (Fsp3) is 0.889. The van der Waals surface area contributed by atoms with Crippen molar-refractivity contribution in [1.29, 1.82) is 0 Å². The van der Waals surface area contributed by atoms with Gasteiger partial charge in [-0.15, -0.1) is 0 Å². The minimum Gasteiger partial charge on any atom is -0.354 e. The van der Waals surface area contributed by atoms with Crippen LogP contribution in [-0.4, -0.2) is 19.0 Å². The van der Waals surface area contributed by atoms with Crippen molar-refractivity contribution in [3.8, 4) is 0 Å². The van der Waals surface area contributed by atoms with E-state index in [-0.39, 0.29) is 11.8 Å². The second-order valence-corrected chi connectivity index (χ2v) is 3.61. The van der Waals surface area contributed by atoms with E-state index in [1.807, 2.05) is 0 Å². The number of hydrogen-bond donors (Lipinski definition) is 2. The van der Waals surface area contributed by atoms with Gasteiger partial charge in [0, 0.05) is 12.5 Å². The van der Waals surface area contributed by atoms with Gasteiger partial charge < -0.3 is 11.2 Å². The molecule has 0 aromatic rings. The molecular weight excluding hydrogens is 180 g/mol. The van der Waals surface area contributed by atoms with Crippen molar-refractivity contribution in [3.05, 3.63) is 0 Å². The third-order valence-electron chi connectivity index (χ3n) is 2.57. The van der Waals surface area contributed by atoms with E-state index < -0.39 is 0 Å². The minimum atomic E-state index is 0.164. The molecule has 0 aliphatic heterocycles. The van der Waals surface area contributed by atoms with Crippen LogP contribution >= 0.6 is 0 Å². The highest BCUT2D eigenvalue weighted by Gasteiger charge is 2.20. The summed E-state index contributed by atoms with van der Waals surface area (Å²) >= 11 is 0. The predicted molar refractivity (Wildman–Crippen MR) is 53.5 cm³/mol. The Balaban J connectivity index is 2.13. The molecule has 5 nitrogen and oxygen atoms in total. The average Bonchev–Trinajstić information content (AvgIpc) is 2.25. The van der Waals surface area contributed by atoms with Crippen molar-refractivity contribution < 1.29 is 4.79 Å². The lowest BCUT2D eigenvalue weighted by molar-refractivity contribution is -0.125. The number of carbonyl (C=O) groups is 1. The van der Waals surface area contributed by atoms with Crippen LogP contribution in [0.4, 0.5) is 0 Å². The molecule has 1 amide bonds. The van der Waals surface area contributed by atoms with Gasteiger partial charge in [-0.3, -0.25) is 4.79 Å². The second-order valence-electron chi connectivity index (χ2n) is 3.61. The molecule has 0 aromatic carbocycles. The van der Waals surface area contributed by atoms with Crippen LogP contribution in [0.25, 0.3) is 0 Å². The summed E-state index contributed by atoms with van der Waals surface area (Å²) < 4.78 is 0. The number of carbonyl (C=O) groups excluding carboxylic acids is 1. The number of amides is 1. The standard InChI is InChI=1S/C9H18N4O/c10-13-12-7-6-11-9(14)8-4-2-1-3-5-8/h8H,1-7H2,(H2,10,12)(H,11,14). The van der Waals surface area contributed by atoms with E-state index in [4.69, 9.17) is 5.84 Å². The van der Waals surface area contributed by atoms with Gasteiger partial charge in [-0.1, -0.05) is 24.5 Å². The quantitative estimate of drug-likeness (QED) is 0.306. The highest BCUT2D eigenvalue weighted by atomic mass is 16.1. The summed E-state index contributed by atoms with van der Waals surface area (Å²) in [6.07, 6.45) is 5.70. The van der Waals surface area contributed by atoms with Gasteiger partial charge in [0.1, 0.15) is 0 Å². The van der Waals surface area contributed by atoms with Crippen LogP contribution in [0, 0.1) is 5.92 Å². The molecule has 0 unspecified atom stereocenters. The second kappa shape index (κ2) is 6.34. The van der Waals surface area contributed by atoms with Crippen LogP contribution in [0.3, 0.4) is 0 Å². The topological polar surface area (TPSA) is 79.8 Å². The van der Waals surface area contributed by atoms with Gasteiger partial charge in [-0.2, -0.15) is 5.11 Å². The zero-order chi connectivity index (χ0) is 10.2. The summed E-state index contributed by atoms with van der Waals surface area (Å²) in [6, 6.07) is 0. The van der Waals surface area contributed by atoms with Crippen LogP contribution < -0.4 is 11.2 Å². The Morgan fingerprint density at radius 2 is 2.07 bits per heavy atom. The molecule has 1 rings (SSSR count). The number of nitrogens with two attached hydrogens (primary N) is 1. The van der Waals surface area contributed by atoms with Crippen molar-refractivity contribution in [2.24, 2.45) is 22.1 Å². The summed E-state index contributed by atoms with van der Waals surface area (Å²) in [5.74, 6) is 5.22. The van der Waals surface area contributed by atoms with Gasteiger partial charge in [0.2, 0.25) is 5.91 Å². The minimum absolute atomic E-state index is 0.164. The smallest absolute Gasteiger partial charge is 0.223 e. The Hall–Kier alpha value is -1.13. The Morgan fingerprint density at radius 1 is 1.36 bits per heavy atom. The molecule has 3 N–H and O–H groups in total. The maximum absolute atomic E-state index is 11.5. The number of rotatable bonds is 4. The zero-order valence-electron chi connectivity index (χ0n) is 8.41. The summed E-state index contributed by atoms with van der Waals surface area (Å²) in [4.78, 5) is 11.5. The molecule has 14 heavy (non-hydrogen) atoms. The highest BCUT2D eigenvalue weighted by molar-refractivity contribution is 5.78. The van der Waals surface area contributed by atoms with Crippen molar-refractivity contribution in [2.45, 2.75) is 32.1 Å². The maximum Gasteiger partial charge on any atom is 0.223 e. The molecule has 0 spiro atoms. The fourth-order valence-corrected chi connectivity index (χ4v) is 1.80. The summed E-state index contributed by atoms with van der Waals surface area (Å²) in [5.41, 5.74) is 0. The molecule has 80 valence electrons. The first-order chi connectivity index (χ1) is 6.84. The maximum atomic E-state index is 11.5.